The summed E-state index contributed by atoms with van der Waals surface area (Å²) < 4.78 is 15.9. The van der Waals surface area contributed by atoms with Crippen LogP contribution in [0.5, 0.6) is 0 Å². The number of carbonyl (C=O) groups excluding carboxylic acids is 1. The Bertz CT molecular complexity index is 266. The van der Waals surface area contributed by atoms with Gasteiger partial charge in [0.1, 0.15) is 5.60 Å². The van der Waals surface area contributed by atoms with Crippen molar-refractivity contribution in [3.8, 4) is 0 Å². The predicted octanol–water partition coefficient (Wildman–Crippen LogP) is 1.67. The summed E-state index contributed by atoms with van der Waals surface area (Å²) in [6.07, 6.45) is 1.23. The van der Waals surface area contributed by atoms with Gasteiger partial charge in [-0.15, -0.1) is 0 Å². The molecule has 1 atom stereocenters. The van der Waals surface area contributed by atoms with E-state index in [0.29, 0.717) is 12.8 Å². The van der Waals surface area contributed by atoms with Gasteiger partial charge in [-0.1, -0.05) is 13.8 Å². The Labute approximate surface area is 90.0 Å². The minimum atomic E-state index is -4.39. The number of rotatable bonds is 5. The molecule has 0 heterocycles. The molecule has 0 aromatic carbocycles. The van der Waals surface area contributed by atoms with Gasteiger partial charge in [-0.3, -0.25) is 9.36 Å². The third-order valence-electron chi connectivity index (χ3n) is 2.69. The van der Waals surface area contributed by atoms with Gasteiger partial charge in [0.15, 0.2) is 5.66 Å². The van der Waals surface area contributed by atoms with Crippen molar-refractivity contribution < 1.29 is 23.9 Å². The van der Waals surface area contributed by atoms with E-state index in [4.69, 9.17) is 14.5 Å². The van der Waals surface area contributed by atoms with Crippen molar-refractivity contribution in [1.29, 1.82) is 0 Å². The average Bonchev–Trinajstić information content (AvgIpc) is 2.15. The number of ether oxygens (including phenoxy) is 1. The van der Waals surface area contributed by atoms with Gasteiger partial charge in [0.05, 0.1) is 0 Å². The highest BCUT2D eigenvalue weighted by Gasteiger charge is 2.36. The maximum Gasteiger partial charge on any atom is 0.339 e. The number of hydrogen-bond acceptors (Lipinski definition) is 3. The molecule has 90 valence electrons. The first-order valence-electron chi connectivity index (χ1n) is 4.94. The van der Waals surface area contributed by atoms with Gasteiger partial charge >= 0.3 is 13.6 Å². The lowest BCUT2D eigenvalue weighted by Gasteiger charge is -2.28. The van der Waals surface area contributed by atoms with E-state index in [1.54, 1.807) is 6.92 Å². The highest BCUT2D eigenvalue weighted by Crippen LogP contribution is 2.42. The van der Waals surface area contributed by atoms with E-state index in [9.17, 15) is 9.36 Å². The van der Waals surface area contributed by atoms with E-state index in [1.807, 2.05) is 13.8 Å². The Balaban J connectivity index is 4.57. The van der Waals surface area contributed by atoms with Crippen molar-refractivity contribution in [2.24, 2.45) is 0 Å². The fourth-order valence-corrected chi connectivity index (χ4v) is 1.19. The van der Waals surface area contributed by atoms with Gasteiger partial charge < -0.3 is 14.5 Å². The van der Waals surface area contributed by atoms with Crippen molar-refractivity contribution in [2.75, 3.05) is 0 Å². The van der Waals surface area contributed by atoms with Gasteiger partial charge in [0.2, 0.25) is 0 Å². The monoisotopic (exact) mass is 238 g/mol. The number of esters is 1. The van der Waals surface area contributed by atoms with Crippen molar-refractivity contribution in [2.45, 2.75) is 51.8 Å². The second kappa shape index (κ2) is 5.10. The molecule has 0 aliphatic rings. The molecule has 6 heteroatoms. The van der Waals surface area contributed by atoms with E-state index in [0.717, 1.165) is 0 Å². The summed E-state index contributed by atoms with van der Waals surface area (Å²) in [5.74, 6) is -0.838. The third-order valence-corrected chi connectivity index (χ3v) is 3.91. The van der Waals surface area contributed by atoms with Crippen LogP contribution in [-0.2, 0) is 14.1 Å². The Morgan fingerprint density at radius 2 is 1.80 bits per heavy atom. The normalized spacial score (nSPS) is 14.8. The fourth-order valence-electron chi connectivity index (χ4n) is 0.860. The van der Waals surface area contributed by atoms with Crippen molar-refractivity contribution in [1.82, 2.24) is 0 Å². The van der Waals surface area contributed by atoms with Crippen LogP contribution in [0.1, 0.15) is 40.5 Å². The molecular formula is C9H19O5P. The molecule has 0 aromatic rings. The number of hydrogen-bond donors (Lipinski definition) is 2. The summed E-state index contributed by atoms with van der Waals surface area (Å²) in [7, 11) is -4.39. The van der Waals surface area contributed by atoms with E-state index >= 15 is 0 Å². The molecule has 15 heavy (non-hydrogen) atoms. The first kappa shape index (κ1) is 14.6. The molecule has 0 amide bonds. The topological polar surface area (TPSA) is 83.8 Å². The van der Waals surface area contributed by atoms with Crippen molar-refractivity contribution >= 4 is 13.6 Å². The molecule has 5 nitrogen and oxygen atoms in total. The molecule has 0 fully saturated rings. The Kier molecular flexibility index (Phi) is 4.97. The lowest BCUT2D eigenvalue weighted by atomic mass is 10.0. The van der Waals surface area contributed by atoms with E-state index in [-0.39, 0.29) is 0 Å². The van der Waals surface area contributed by atoms with Crippen LogP contribution < -0.4 is 0 Å². The Morgan fingerprint density at radius 3 is 2.07 bits per heavy atom. The summed E-state index contributed by atoms with van der Waals surface area (Å²) >= 11 is 0. The zero-order chi connectivity index (χ0) is 12.3. The van der Waals surface area contributed by atoms with Crippen LogP contribution in [0.25, 0.3) is 0 Å². The van der Waals surface area contributed by atoms with Crippen molar-refractivity contribution in [3.63, 3.8) is 0 Å². The van der Waals surface area contributed by atoms with E-state index in [1.165, 1.54) is 6.92 Å². The second-order valence-electron chi connectivity index (χ2n) is 3.84. The van der Waals surface area contributed by atoms with Gasteiger partial charge in [0, 0.05) is 0 Å². The first-order valence-corrected chi connectivity index (χ1v) is 6.62. The zero-order valence-corrected chi connectivity index (χ0v) is 10.5. The summed E-state index contributed by atoms with van der Waals surface area (Å²) in [5, 5.41) is 0. The number of carbonyl (C=O) groups is 1. The minimum Gasteiger partial charge on any atom is -0.459 e. The smallest absolute Gasteiger partial charge is 0.339 e. The summed E-state index contributed by atoms with van der Waals surface area (Å²) in [4.78, 5) is 29.0. The molecule has 0 rings (SSSR count). The van der Waals surface area contributed by atoms with Crippen LogP contribution in [-0.4, -0.2) is 27.0 Å². The molecule has 1 unspecified atom stereocenters. The van der Waals surface area contributed by atoms with Crippen LogP contribution in [0.2, 0.25) is 0 Å². The van der Waals surface area contributed by atoms with E-state index < -0.39 is 24.8 Å². The molecule has 0 saturated carbocycles. The van der Waals surface area contributed by atoms with Crippen LogP contribution in [0.3, 0.4) is 0 Å². The van der Waals surface area contributed by atoms with Crippen LogP contribution in [0.15, 0.2) is 0 Å². The van der Waals surface area contributed by atoms with Gasteiger partial charge in [-0.25, -0.2) is 0 Å². The third kappa shape index (κ3) is 4.33. The molecule has 0 aliphatic heterocycles. The minimum absolute atomic E-state index is 0.614. The van der Waals surface area contributed by atoms with Gasteiger partial charge in [0.25, 0.3) is 0 Å². The molecule has 0 bridgehead atoms. The lowest BCUT2D eigenvalue weighted by Crippen LogP contribution is -2.34. The largest absolute Gasteiger partial charge is 0.459 e. The molecule has 0 aromatic heterocycles. The Hall–Kier alpha value is -0.380. The summed E-state index contributed by atoms with van der Waals surface area (Å²) in [6, 6.07) is 0. The predicted molar refractivity (Wildman–Crippen MR) is 56.6 cm³/mol. The highest BCUT2D eigenvalue weighted by molar-refractivity contribution is 7.53. The van der Waals surface area contributed by atoms with Crippen LogP contribution in [0.4, 0.5) is 0 Å². The summed E-state index contributed by atoms with van der Waals surface area (Å²) in [5.41, 5.74) is -2.03. The molecular weight excluding hydrogens is 219 g/mol. The van der Waals surface area contributed by atoms with Gasteiger partial charge in [-0.2, -0.15) is 0 Å². The molecule has 0 radical (unpaired) electrons. The van der Waals surface area contributed by atoms with Gasteiger partial charge in [-0.05, 0) is 26.7 Å². The molecule has 0 saturated heterocycles. The standard InChI is InChI=1S/C9H19O5P/c1-5-9(4,6-2)14-8(10)7(3)15(11,12)13/h7H,5-6H2,1-4H3,(H2,11,12,13). The van der Waals surface area contributed by atoms with Crippen LogP contribution >= 0.6 is 7.60 Å². The molecule has 2 N–H and O–H groups in total. The van der Waals surface area contributed by atoms with Crippen LogP contribution in [0, 0.1) is 0 Å². The first-order chi connectivity index (χ1) is 6.66. The van der Waals surface area contributed by atoms with E-state index in [2.05, 4.69) is 0 Å². The molecule has 0 aliphatic carbocycles. The average molecular weight is 238 g/mol. The quantitative estimate of drug-likeness (QED) is 0.562. The maximum absolute atomic E-state index is 11.4. The highest BCUT2D eigenvalue weighted by atomic mass is 31.2. The fraction of sp³-hybridized carbons (Fsp3) is 0.889. The SMILES string of the molecule is CCC(C)(CC)OC(=O)C(C)P(=O)(O)O. The Morgan fingerprint density at radius 1 is 1.40 bits per heavy atom. The molecule has 0 spiro atoms. The zero-order valence-electron chi connectivity index (χ0n) is 9.56. The van der Waals surface area contributed by atoms with Crippen molar-refractivity contribution in [3.05, 3.63) is 0 Å². The summed E-state index contributed by atoms with van der Waals surface area (Å²) in [6.45, 7) is 6.64. The second-order valence-corrected chi connectivity index (χ2v) is 5.80. The maximum atomic E-state index is 11.4. The lowest BCUT2D eigenvalue weighted by molar-refractivity contribution is -0.158.